The lowest BCUT2D eigenvalue weighted by Gasteiger charge is -2.23. The van der Waals surface area contributed by atoms with Gasteiger partial charge < -0.3 is 10.3 Å². The summed E-state index contributed by atoms with van der Waals surface area (Å²) in [5, 5.41) is 25.5. The van der Waals surface area contributed by atoms with Gasteiger partial charge in [-0.15, -0.1) is 0 Å². The van der Waals surface area contributed by atoms with Crippen molar-refractivity contribution in [1.82, 2.24) is 5.32 Å². The number of carboxylic acid groups (broad SMARTS) is 1. The van der Waals surface area contributed by atoms with Gasteiger partial charge in [-0.2, -0.15) is 0 Å². The summed E-state index contributed by atoms with van der Waals surface area (Å²) in [5.41, 5.74) is 7.05. The largest absolute Gasteiger partial charge is 0.740 e. The molecule has 0 bridgehead atoms. The van der Waals surface area contributed by atoms with Gasteiger partial charge in [-0.1, -0.05) is 12.1 Å². The second kappa shape index (κ2) is 6.67. The van der Waals surface area contributed by atoms with Crippen molar-refractivity contribution >= 4 is 44.1 Å². The Labute approximate surface area is 165 Å². The van der Waals surface area contributed by atoms with Gasteiger partial charge in [0.1, 0.15) is 5.69 Å². The van der Waals surface area contributed by atoms with Gasteiger partial charge in [0.25, 0.3) is 10.0 Å². The van der Waals surface area contributed by atoms with Gasteiger partial charge in [-0.3, -0.25) is 15.8 Å². The molecule has 0 spiro atoms. The number of nitrogens with one attached hydrogen (secondary N) is 2. The Bertz CT molecular complexity index is 1280. The number of carboxylic acids is 1. The van der Waals surface area contributed by atoms with Crippen LogP contribution >= 0.6 is 0 Å². The minimum atomic E-state index is -3.92. The summed E-state index contributed by atoms with van der Waals surface area (Å²) >= 11 is 0. The number of nitrogens with zero attached hydrogens (tertiary/aromatic N) is 1. The fourth-order valence-corrected chi connectivity index (χ4v) is 4.23. The molecule has 0 saturated carbocycles. The Morgan fingerprint density at radius 2 is 1.83 bits per heavy atom. The first-order chi connectivity index (χ1) is 13.8. The van der Waals surface area contributed by atoms with Gasteiger partial charge in [0, 0.05) is 11.3 Å². The summed E-state index contributed by atoms with van der Waals surface area (Å²) in [6.45, 7) is 0.337. The van der Waals surface area contributed by atoms with Gasteiger partial charge >= 0.3 is 11.9 Å². The van der Waals surface area contributed by atoms with Crippen molar-refractivity contribution in [2.45, 2.75) is 11.4 Å². The van der Waals surface area contributed by atoms with E-state index >= 15 is 0 Å². The molecule has 0 amide bonds. The Morgan fingerprint density at radius 1 is 1.14 bits per heavy atom. The monoisotopic (exact) mass is 412 g/mol. The number of benzene rings is 3. The summed E-state index contributed by atoms with van der Waals surface area (Å²) in [4.78, 5) is 10.9. The quantitative estimate of drug-likeness (QED) is 0.378. The van der Waals surface area contributed by atoms with E-state index in [0.29, 0.717) is 33.6 Å². The van der Waals surface area contributed by atoms with E-state index in [9.17, 15) is 18.4 Å². The van der Waals surface area contributed by atoms with Crippen LogP contribution in [-0.2, 0) is 16.6 Å². The maximum absolute atomic E-state index is 12.7. The molecule has 9 nitrogen and oxygen atoms in total. The molecule has 10 heteroatoms. The van der Waals surface area contributed by atoms with E-state index in [1.807, 2.05) is 0 Å². The van der Waals surface area contributed by atoms with Gasteiger partial charge in [0.05, 0.1) is 17.0 Å². The van der Waals surface area contributed by atoms with Crippen LogP contribution in [0.2, 0.25) is 0 Å². The SMILES string of the molecule is NC1=[N+]([O-])c2ccc3ccc(NS(=O)(=O)c4ccc(C(=O)O)cc4)cc3c2CN1. The number of carbonyl (C=O) groups is 1. The zero-order valence-electron chi connectivity index (χ0n) is 14.9. The lowest BCUT2D eigenvalue weighted by Crippen LogP contribution is -2.40. The number of rotatable bonds is 4. The molecule has 148 valence electrons. The third-order valence-electron chi connectivity index (χ3n) is 4.66. The number of fused-ring (bicyclic) bond motifs is 3. The Hall–Kier alpha value is -3.79. The number of nitrogens with two attached hydrogens (primary N) is 1. The smallest absolute Gasteiger partial charge is 0.349 e. The van der Waals surface area contributed by atoms with E-state index in [-0.39, 0.29) is 16.4 Å². The highest BCUT2D eigenvalue weighted by Gasteiger charge is 2.20. The minimum absolute atomic E-state index is 0.00137. The molecule has 3 aromatic carbocycles. The predicted molar refractivity (Wildman–Crippen MR) is 107 cm³/mol. The third kappa shape index (κ3) is 3.29. The summed E-state index contributed by atoms with van der Waals surface area (Å²) in [5.74, 6) is -1.14. The zero-order valence-corrected chi connectivity index (χ0v) is 15.7. The first-order valence-electron chi connectivity index (χ1n) is 8.51. The van der Waals surface area contributed by atoms with E-state index < -0.39 is 16.0 Å². The molecule has 0 aliphatic carbocycles. The number of guanidine groups is 1. The minimum Gasteiger partial charge on any atom is -0.740 e. The number of hydrogen-bond acceptors (Lipinski definition) is 6. The lowest BCUT2D eigenvalue weighted by atomic mass is 10.0. The average molecular weight is 412 g/mol. The molecule has 1 aliphatic heterocycles. The fraction of sp³-hybridized carbons (Fsp3) is 0.0526. The van der Waals surface area contributed by atoms with E-state index in [2.05, 4.69) is 10.0 Å². The maximum Gasteiger partial charge on any atom is 0.349 e. The maximum atomic E-state index is 12.7. The van der Waals surface area contributed by atoms with Crippen LogP contribution in [0.5, 0.6) is 0 Å². The molecule has 3 aromatic rings. The van der Waals surface area contributed by atoms with Gasteiger partial charge in [-0.05, 0) is 53.2 Å². The zero-order chi connectivity index (χ0) is 20.8. The van der Waals surface area contributed by atoms with Crippen LogP contribution in [0.3, 0.4) is 0 Å². The first-order valence-corrected chi connectivity index (χ1v) is 10.00. The second-order valence-electron chi connectivity index (χ2n) is 6.47. The molecular formula is C19H16N4O5S. The van der Waals surface area contributed by atoms with Crippen LogP contribution in [-0.4, -0.2) is 30.2 Å². The van der Waals surface area contributed by atoms with Crippen molar-refractivity contribution in [3.05, 3.63) is 70.9 Å². The molecule has 1 heterocycles. The van der Waals surface area contributed by atoms with Crippen LogP contribution in [0, 0.1) is 5.21 Å². The van der Waals surface area contributed by atoms with Crippen molar-refractivity contribution < 1.29 is 23.1 Å². The molecule has 0 fully saturated rings. The summed E-state index contributed by atoms with van der Waals surface area (Å²) in [6, 6.07) is 13.4. The average Bonchev–Trinajstić information content (AvgIpc) is 2.70. The van der Waals surface area contributed by atoms with Gasteiger partial charge in [0.15, 0.2) is 0 Å². The standard InChI is InChI=1S/C19H16N4O5S/c20-19-21-10-16-15-9-13(5-1-11(15)4-8-17(16)23(19)26)22-29(27,28)14-6-2-12(3-7-14)18(24)25/h1-9,21-22H,10,20H2,(H,24,25). The molecule has 0 aromatic heterocycles. The molecule has 0 radical (unpaired) electrons. The fourth-order valence-electron chi connectivity index (χ4n) is 3.18. The Kier molecular flexibility index (Phi) is 4.27. The predicted octanol–water partition coefficient (Wildman–Crippen LogP) is 1.90. The van der Waals surface area contributed by atoms with Crippen LogP contribution in [0.25, 0.3) is 10.8 Å². The number of sulfonamides is 1. The normalized spacial score (nSPS) is 13.7. The molecule has 0 saturated heterocycles. The highest BCUT2D eigenvalue weighted by atomic mass is 32.2. The topological polar surface area (TPSA) is 148 Å². The van der Waals surface area contributed by atoms with Crippen molar-refractivity contribution in [3.63, 3.8) is 0 Å². The third-order valence-corrected chi connectivity index (χ3v) is 6.05. The summed E-state index contributed by atoms with van der Waals surface area (Å²) in [7, 11) is -3.92. The van der Waals surface area contributed by atoms with E-state index in [1.165, 1.54) is 24.3 Å². The number of aromatic carboxylic acids is 1. The van der Waals surface area contributed by atoms with E-state index in [0.717, 1.165) is 5.39 Å². The van der Waals surface area contributed by atoms with Crippen molar-refractivity contribution in [3.8, 4) is 0 Å². The summed E-state index contributed by atoms with van der Waals surface area (Å²) in [6.07, 6.45) is 0. The van der Waals surface area contributed by atoms with Crippen LogP contribution < -0.4 is 15.8 Å². The lowest BCUT2D eigenvalue weighted by molar-refractivity contribution is -0.368. The number of anilines is 1. The Balaban J connectivity index is 1.72. The van der Waals surface area contributed by atoms with Crippen LogP contribution in [0.15, 0.2) is 59.5 Å². The molecular weight excluding hydrogens is 396 g/mol. The molecule has 5 N–H and O–H groups in total. The van der Waals surface area contributed by atoms with Crippen molar-refractivity contribution in [2.24, 2.45) is 5.73 Å². The van der Waals surface area contributed by atoms with Crippen molar-refractivity contribution in [1.29, 1.82) is 0 Å². The summed E-state index contributed by atoms with van der Waals surface area (Å²) < 4.78 is 28.4. The van der Waals surface area contributed by atoms with E-state index in [1.54, 1.807) is 30.3 Å². The molecule has 1 aliphatic rings. The van der Waals surface area contributed by atoms with Crippen LogP contribution in [0.1, 0.15) is 15.9 Å². The number of hydrogen-bond donors (Lipinski definition) is 4. The van der Waals surface area contributed by atoms with Gasteiger partial charge in [-0.25, -0.2) is 18.0 Å². The highest BCUT2D eigenvalue weighted by Crippen LogP contribution is 2.32. The highest BCUT2D eigenvalue weighted by molar-refractivity contribution is 7.92. The Morgan fingerprint density at radius 3 is 2.52 bits per heavy atom. The molecule has 4 rings (SSSR count). The van der Waals surface area contributed by atoms with E-state index in [4.69, 9.17) is 10.8 Å². The second-order valence-corrected chi connectivity index (χ2v) is 8.15. The van der Waals surface area contributed by atoms with Crippen LogP contribution in [0.4, 0.5) is 11.4 Å². The first kappa shape index (κ1) is 18.6. The molecule has 0 unspecified atom stereocenters. The van der Waals surface area contributed by atoms with Gasteiger partial charge in [0.2, 0.25) is 0 Å². The molecule has 0 atom stereocenters. The molecule has 29 heavy (non-hydrogen) atoms. The van der Waals surface area contributed by atoms with Crippen molar-refractivity contribution in [2.75, 3.05) is 4.72 Å².